The first-order chi connectivity index (χ1) is 56.2. The van der Waals surface area contributed by atoms with Gasteiger partial charge >= 0.3 is 143 Å². The monoisotopic (exact) mass is 1990 g/mol. The molecule has 4 atom stereocenters. The number of aromatic hydroxyl groups is 4. The van der Waals surface area contributed by atoms with E-state index in [2.05, 4.69) is 253 Å². The Morgan fingerprint density at radius 3 is 0.824 bits per heavy atom. The van der Waals surface area contributed by atoms with Crippen molar-refractivity contribution in [1.82, 2.24) is 19.6 Å². The summed E-state index contributed by atoms with van der Waals surface area (Å²) in [6, 6.07) is 46.4. The third-order valence-corrected chi connectivity index (χ3v) is 27.4. The SMILES string of the molecule is Cc1ccc(Pc2cc(C(C)(C)C)cc(C(C)(C)C)c2O)c(CN2CCCCC2)c1.Cc1ccc(Pc2cc(C(C)(C)C)cc(C)c2O)c(CN2CCCCC2)c1.Cc1ccc(Pc2cc(C)cc(C)c2O)c(CN2CCCCC2)c1.Cc1ccc(Pc2cccc(C(C)(C)C)c2O)c(CN2CCCCC2)c1.[Cl][Ti][Cl].[Cl][Ti][Cl].[Cl][Ti][Cl].[Cl][Ti][Cl]. The van der Waals surface area contributed by atoms with Crippen molar-refractivity contribution in [1.29, 1.82) is 0 Å². The number of phenols is 4. The van der Waals surface area contributed by atoms with Crippen LogP contribution in [-0.4, -0.2) is 92.4 Å². The van der Waals surface area contributed by atoms with Gasteiger partial charge in [0.05, 0.1) is 0 Å². The molecule has 119 heavy (non-hydrogen) atoms. The normalized spacial score (nSPS) is 15.2. The minimum atomic E-state index is -0.556. The van der Waals surface area contributed by atoms with Crippen molar-refractivity contribution >= 4 is 151 Å². The van der Waals surface area contributed by atoms with Gasteiger partial charge in [0, 0.05) is 53.0 Å². The van der Waals surface area contributed by atoms with Crippen LogP contribution < -0.4 is 42.4 Å². The van der Waals surface area contributed by atoms with E-state index in [-0.39, 0.29) is 21.7 Å². The van der Waals surface area contributed by atoms with Crippen LogP contribution in [0.5, 0.6) is 23.0 Å². The molecule has 8 nitrogen and oxygen atoms in total. The van der Waals surface area contributed by atoms with Gasteiger partial charge in [-0.1, -0.05) is 275 Å². The first-order valence-electron chi connectivity index (χ1n) is 41.8. The average molecular weight is 2000 g/mol. The van der Waals surface area contributed by atoms with Crippen molar-refractivity contribution < 1.29 is 88.6 Å². The van der Waals surface area contributed by atoms with Crippen LogP contribution in [0.4, 0.5) is 0 Å². The molecule has 650 valence electrons. The van der Waals surface area contributed by atoms with Gasteiger partial charge in [-0.15, -0.1) is 0 Å². The quantitative estimate of drug-likeness (QED) is 0.0562. The zero-order chi connectivity index (χ0) is 88.4. The van der Waals surface area contributed by atoms with E-state index in [1.54, 1.807) is 0 Å². The maximum absolute atomic E-state index is 11.2. The van der Waals surface area contributed by atoms with Gasteiger partial charge in [0.2, 0.25) is 0 Å². The van der Waals surface area contributed by atoms with Crippen LogP contribution in [0.3, 0.4) is 0 Å². The summed E-state index contributed by atoms with van der Waals surface area (Å²) in [5.74, 6) is 1.88. The second-order valence-electron chi connectivity index (χ2n) is 36.1. The number of hydrogen-bond acceptors (Lipinski definition) is 8. The van der Waals surface area contributed by atoms with Gasteiger partial charge in [0.1, 0.15) is 23.0 Å². The van der Waals surface area contributed by atoms with Crippen LogP contribution in [0.15, 0.2) is 127 Å². The fourth-order valence-electron chi connectivity index (χ4n) is 15.3. The molecule has 8 aromatic carbocycles. The summed E-state index contributed by atoms with van der Waals surface area (Å²) in [6.45, 7) is 55.1. The fraction of sp³-hybridized carbons (Fsp3) is 0.495. The number of aryl methyl sites for hydroxylation is 7. The second-order valence-corrected chi connectivity index (χ2v) is 51.7. The molecular formula is C95H134Cl8N4O4P4Ti4. The van der Waals surface area contributed by atoms with Gasteiger partial charge < -0.3 is 20.4 Å². The van der Waals surface area contributed by atoms with Gasteiger partial charge in [-0.25, -0.2) is 0 Å². The molecule has 0 aromatic heterocycles. The summed E-state index contributed by atoms with van der Waals surface area (Å²) in [7, 11) is 41.1. The number of benzene rings is 8. The fourth-order valence-corrected chi connectivity index (χ4v) is 20.4. The van der Waals surface area contributed by atoms with E-state index in [9.17, 15) is 20.4 Å². The molecule has 4 saturated heterocycles. The van der Waals surface area contributed by atoms with Crippen molar-refractivity contribution in [2.75, 3.05) is 52.4 Å². The van der Waals surface area contributed by atoms with E-state index in [1.807, 2.05) is 26.0 Å². The number of likely N-dealkylation sites (tertiary alicyclic amines) is 4. The molecule has 0 saturated carbocycles. The molecule has 12 rings (SSSR count). The Morgan fingerprint density at radius 1 is 0.269 bits per heavy atom. The predicted octanol–water partition coefficient (Wildman–Crippen LogP) is 24.9. The topological polar surface area (TPSA) is 93.9 Å². The average Bonchev–Trinajstić information content (AvgIpc) is 0.784. The first kappa shape index (κ1) is 109. The third-order valence-electron chi connectivity index (χ3n) is 21.7. The Labute approximate surface area is 793 Å². The molecule has 8 aromatic rings. The van der Waals surface area contributed by atoms with E-state index in [0.29, 0.717) is 57.3 Å². The van der Waals surface area contributed by atoms with E-state index in [4.69, 9.17) is 74.4 Å². The molecule has 0 aliphatic carbocycles. The van der Waals surface area contributed by atoms with E-state index in [1.165, 1.54) is 212 Å². The molecule has 0 radical (unpaired) electrons. The third kappa shape index (κ3) is 38.7. The Balaban J connectivity index is 0.000000270. The van der Waals surface area contributed by atoms with Gasteiger partial charge in [-0.2, -0.15) is 0 Å². The van der Waals surface area contributed by atoms with Crippen molar-refractivity contribution in [3.63, 3.8) is 0 Å². The second kappa shape index (κ2) is 55.7. The van der Waals surface area contributed by atoms with Crippen molar-refractivity contribution in [3.05, 3.63) is 211 Å². The summed E-state index contributed by atoms with van der Waals surface area (Å²) < 4.78 is 0. The minimum absolute atomic E-state index is 0.0471. The van der Waals surface area contributed by atoms with Crippen LogP contribution in [0.1, 0.15) is 244 Å². The maximum atomic E-state index is 11.2. The number of rotatable bonds is 16. The number of hydrogen-bond donors (Lipinski definition) is 4. The van der Waals surface area contributed by atoms with Crippen molar-refractivity contribution in [2.45, 2.75) is 256 Å². The Morgan fingerprint density at radius 2 is 0.529 bits per heavy atom. The number of para-hydroxylation sites is 1. The molecule has 0 spiro atoms. The van der Waals surface area contributed by atoms with Gasteiger partial charge in [-0.3, -0.25) is 19.6 Å². The Hall–Kier alpha value is -0.303. The number of phenolic OH excluding ortho intramolecular Hbond substituents is 4. The molecule has 0 amide bonds. The van der Waals surface area contributed by atoms with Gasteiger partial charge in [-0.05, 0) is 269 Å². The van der Waals surface area contributed by atoms with Crippen LogP contribution in [0, 0.1) is 48.5 Å². The molecular weight excluding hydrogens is 1860 g/mol. The molecule has 4 N–H and O–H groups in total. The zero-order valence-electron chi connectivity index (χ0n) is 74.2. The van der Waals surface area contributed by atoms with Crippen molar-refractivity contribution in [2.24, 2.45) is 0 Å². The Kier molecular flexibility index (Phi) is 51.1. The first-order valence-corrected chi connectivity index (χ1v) is 63.0. The zero-order valence-corrected chi connectivity index (χ0v) is 90.5. The molecule has 4 unspecified atom stereocenters. The number of piperidine rings is 4. The van der Waals surface area contributed by atoms with E-state index in [0.717, 1.165) is 69.7 Å². The summed E-state index contributed by atoms with van der Waals surface area (Å²) >= 11 is -2.22. The van der Waals surface area contributed by atoms with Gasteiger partial charge in [0.25, 0.3) is 0 Å². The summed E-state index contributed by atoms with van der Waals surface area (Å²) in [5, 5.41) is 53.0. The van der Waals surface area contributed by atoms with E-state index < -0.39 is 68.1 Å². The Bertz CT molecular complexity index is 4380. The van der Waals surface area contributed by atoms with Crippen molar-refractivity contribution in [3.8, 4) is 23.0 Å². The summed E-state index contributed by atoms with van der Waals surface area (Å²) in [4.78, 5) is 10.3. The number of nitrogens with zero attached hydrogens (tertiary/aromatic N) is 4. The van der Waals surface area contributed by atoms with Gasteiger partial charge in [0.15, 0.2) is 0 Å². The molecule has 0 bridgehead atoms. The number of halogens is 8. The standard InChI is InChI=1S/C27H40NOP.C24H34NOP.C23H32NOP.C21H28NOP.8ClH.4Ti/c1-19-11-12-23(20(15-19)18-28-13-9-8-10-14-28)30-24-17-21(26(2,3)4)16-22(25(24)29)27(5,6)7;1-17-9-10-21(19(13-17)16-25-11-7-6-8-12-25)27-22-15-20(24(3,4)5)14-18(2)23(22)26;1-17-11-12-20(18(15-17)16-24-13-6-5-7-14-24)26-21-10-8-9-19(22(21)25)23(2,3)4;1-15-7-8-19(18(12-15)14-22-9-5-4-6-10-22)24-20-13-16(2)11-17(3)21(20)23;;;;;;;;;;;;/h11-12,15-17,29-30H,8-10,13-14,18H2,1-7H3;9-10,13-15,26-27H,6-8,11-12,16H2,1-5H3;8-12,15,25-26H,5-7,13-14,16H2,1-4H3;7-8,11-13,23-24H,4-6,9-10,14H2,1-3H3;8*1H;;;;/q;;;;;;;;;;;;4*+2/p-8. The van der Waals surface area contributed by atoms with Crippen LogP contribution in [0.2, 0.25) is 0 Å². The predicted molar refractivity (Wildman–Crippen MR) is 520 cm³/mol. The van der Waals surface area contributed by atoms with Crippen LogP contribution >= 0.6 is 109 Å². The molecule has 4 heterocycles. The van der Waals surface area contributed by atoms with E-state index >= 15 is 0 Å². The van der Waals surface area contributed by atoms with Crippen LogP contribution in [-0.2, 0) is 116 Å². The van der Waals surface area contributed by atoms with Crippen LogP contribution in [0.25, 0.3) is 0 Å². The summed E-state index contributed by atoms with van der Waals surface area (Å²) in [5.41, 5.74) is 18.8. The molecule has 4 fully saturated rings. The molecule has 24 heteroatoms. The summed E-state index contributed by atoms with van der Waals surface area (Å²) in [6.07, 6.45) is 16.0. The molecule has 4 aliphatic heterocycles. The molecule has 4 aliphatic rings.